The molecular weight excluding hydrogens is 248 g/mol. The standard InChI is InChI=1S/C17H30N2O/c1-12(2)9-15(11-19(5)6)18-14(4)16-8-7-13(3)10-17(16)20/h7-8,10,12,14-15,18,20H,9,11H2,1-6H3. The number of aryl methyl sites for hydroxylation is 1. The molecule has 114 valence electrons. The molecule has 2 N–H and O–H groups in total. The molecule has 0 amide bonds. The second-order valence-electron chi connectivity index (χ2n) is 6.54. The van der Waals surface area contributed by atoms with Crippen LogP contribution in [-0.2, 0) is 0 Å². The summed E-state index contributed by atoms with van der Waals surface area (Å²) in [4.78, 5) is 2.21. The zero-order valence-corrected chi connectivity index (χ0v) is 13.8. The molecule has 2 unspecified atom stereocenters. The van der Waals surface area contributed by atoms with Gasteiger partial charge in [-0.05, 0) is 51.9 Å². The predicted octanol–water partition coefficient (Wildman–Crippen LogP) is 3.33. The summed E-state index contributed by atoms with van der Waals surface area (Å²) in [6, 6.07) is 6.48. The predicted molar refractivity (Wildman–Crippen MR) is 86.2 cm³/mol. The monoisotopic (exact) mass is 278 g/mol. The van der Waals surface area contributed by atoms with Crippen molar-refractivity contribution >= 4 is 0 Å². The molecule has 0 radical (unpaired) electrons. The quantitative estimate of drug-likeness (QED) is 0.803. The van der Waals surface area contributed by atoms with E-state index in [0.717, 1.165) is 24.1 Å². The molecule has 1 aromatic carbocycles. The van der Waals surface area contributed by atoms with Gasteiger partial charge >= 0.3 is 0 Å². The third-order valence-corrected chi connectivity index (χ3v) is 3.48. The molecule has 20 heavy (non-hydrogen) atoms. The molecule has 0 aromatic heterocycles. The van der Waals surface area contributed by atoms with Gasteiger partial charge in [0.25, 0.3) is 0 Å². The van der Waals surface area contributed by atoms with E-state index in [1.165, 1.54) is 0 Å². The first-order valence-corrected chi connectivity index (χ1v) is 7.50. The number of likely N-dealkylation sites (N-methyl/N-ethyl adjacent to an activating group) is 1. The molecule has 1 aromatic rings. The lowest BCUT2D eigenvalue weighted by molar-refractivity contribution is 0.289. The number of rotatable bonds is 7. The van der Waals surface area contributed by atoms with Crippen molar-refractivity contribution in [2.45, 2.75) is 46.2 Å². The smallest absolute Gasteiger partial charge is 0.120 e. The molecule has 3 heteroatoms. The Morgan fingerprint density at radius 2 is 1.85 bits per heavy atom. The highest BCUT2D eigenvalue weighted by atomic mass is 16.3. The van der Waals surface area contributed by atoms with E-state index in [1.54, 1.807) is 0 Å². The minimum atomic E-state index is 0.152. The maximum absolute atomic E-state index is 10.1. The van der Waals surface area contributed by atoms with Crippen LogP contribution in [0.5, 0.6) is 5.75 Å². The highest BCUT2D eigenvalue weighted by Crippen LogP contribution is 2.25. The molecular formula is C17H30N2O. The van der Waals surface area contributed by atoms with Crippen LogP contribution in [0.2, 0.25) is 0 Å². The fourth-order valence-electron chi connectivity index (χ4n) is 2.67. The number of aromatic hydroxyl groups is 1. The van der Waals surface area contributed by atoms with Gasteiger partial charge in [0.05, 0.1) is 0 Å². The van der Waals surface area contributed by atoms with Crippen molar-refractivity contribution in [2.24, 2.45) is 5.92 Å². The lowest BCUT2D eigenvalue weighted by Crippen LogP contribution is -2.40. The molecule has 0 saturated carbocycles. The van der Waals surface area contributed by atoms with Gasteiger partial charge in [0.1, 0.15) is 5.75 Å². The number of nitrogens with zero attached hydrogens (tertiary/aromatic N) is 1. The molecule has 0 aliphatic carbocycles. The summed E-state index contributed by atoms with van der Waals surface area (Å²) >= 11 is 0. The summed E-state index contributed by atoms with van der Waals surface area (Å²) in [5.41, 5.74) is 2.06. The minimum absolute atomic E-state index is 0.152. The van der Waals surface area contributed by atoms with Crippen molar-refractivity contribution in [3.05, 3.63) is 29.3 Å². The molecule has 0 saturated heterocycles. The van der Waals surface area contributed by atoms with Gasteiger partial charge < -0.3 is 15.3 Å². The van der Waals surface area contributed by atoms with Crippen molar-refractivity contribution in [1.82, 2.24) is 10.2 Å². The van der Waals surface area contributed by atoms with Crippen LogP contribution >= 0.6 is 0 Å². The van der Waals surface area contributed by atoms with Gasteiger partial charge in [0.2, 0.25) is 0 Å². The van der Waals surface area contributed by atoms with Crippen molar-refractivity contribution < 1.29 is 5.11 Å². The maximum Gasteiger partial charge on any atom is 0.120 e. The first-order valence-electron chi connectivity index (χ1n) is 7.50. The van der Waals surface area contributed by atoms with Gasteiger partial charge in [0, 0.05) is 24.2 Å². The third-order valence-electron chi connectivity index (χ3n) is 3.48. The van der Waals surface area contributed by atoms with Crippen LogP contribution in [0.4, 0.5) is 0 Å². The Morgan fingerprint density at radius 1 is 1.20 bits per heavy atom. The maximum atomic E-state index is 10.1. The van der Waals surface area contributed by atoms with E-state index in [4.69, 9.17) is 0 Å². The summed E-state index contributed by atoms with van der Waals surface area (Å²) in [6.45, 7) is 9.62. The fraction of sp³-hybridized carbons (Fsp3) is 0.647. The van der Waals surface area contributed by atoms with Gasteiger partial charge in [-0.15, -0.1) is 0 Å². The zero-order valence-electron chi connectivity index (χ0n) is 13.8. The lowest BCUT2D eigenvalue weighted by atomic mass is 10.00. The number of benzene rings is 1. The third kappa shape index (κ3) is 5.51. The average molecular weight is 278 g/mol. The number of hydrogen-bond donors (Lipinski definition) is 2. The summed E-state index contributed by atoms with van der Waals surface area (Å²) < 4.78 is 0. The van der Waals surface area contributed by atoms with Gasteiger partial charge in [-0.25, -0.2) is 0 Å². The molecule has 3 nitrogen and oxygen atoms in total. The fourth-order valence-corrected chi connectivity index (χ4v) is 2.67. The number of phenolic OH excluding ortho intramolecular Hbond substituents is 1. The van der Waals surface area contributed by atoms with Crippen LogP contribution in [0.15, 0.2) is 18.2 Å². The highest BCUT2D eigenvalue weighted by Gasteiger charge is 2.17. The summed E-state index contributed by atoms with van der Waals surface area (Å²) in [5, 5.41) is 13.7. The van der Waals surface area contributed by atoms with Crippen LogP contribution in [-0.4, -0.2) is 36.7 Å². The SMILES string of the molecule is Cc1ccc(C(C)NC(CC(C)C)CN(C)C)c(O)c1. The van der Waals surface area contributed by atoms with Crippen molar-refractivity contribution in [2.75, 3.05) is 20.6 Å². The Bertz CT molecular complexity index is 405. The molecule has 0 aliphatic rings. The van der Waals surface area contributed by atoms with E-state index in [0.29, 0.717) is 17.7 Å². The van der Waals surface area contributed by atoms with Gasteiger partial charge in [-0.3, -0.25) is 0 Å². The first-order chi connectivity index (χ1) is 9.29. The van der Waals surface area contributed by atoms with E-state index in [1.807, 2.05) is 19.1 Å². The minimum Gasteiger partial charge on any atom is -0.508 e. The first kappa shape index (κ1) is 17.0. The number of nitrogens with one attached hydrogen (secondary N) is 1. The van der Waals surface area contributed by atoms with Crippen LogP contribution in [0.3, 0.4) is 0 Å². The topological polar surface area (TPSA) is 35.5 Å². The van der Waals surface area contributed by atoms with Crippen molar-refractivity contribution in [3.8, 4) is 5.75 Å². The molecule has 0 bridgehead atoms. The van der Waals surface area contributed by atoms with E-state index in [9.17, 15) is 5.11 Å². The average Bonchev–Trinajstić information content (AvgIpc) is 2.26. The second-order valence-corrected chi connectivity index (χ2v) is 6.54. The van der Waals surface area contributed by atoms with Gasteiger partial charge in [-0.2, -0.15) is 0 Å². The molecule has 0 heterocycles. The van der Waals surface area contributed by atoms with Crippen LogP contribution in [0.1, 0.15) is 44.4 Å². The number of hydrogen-bond acceptors (Lipinski definition) is 3. The Morgan fingerprint density at radius 3 is 2.35 bits per heavy atom. The highest BCUT2D eigenvalue weighted by molar-refractivity contribution is 5.37. The Labute approximate surface area is 124 Å². The van der Waals surface area contributed by atoms with E-state index >= 15 is 0 Å². The molecule has 0 fully saturated rings. The zero-order chi connectivity index (χ0) is 15.3. The lowest BCUT2D eigenvalue weighted by Gasteiger charge is -2.28. The molecule has 2 atom stereocenters. The van der Waals surface area contributed by atoms with Crippen LogP contribution in [0.25, 0.3) is 0 Å². The van der Waals surface area contributed by atoms with Crippen LogP contribution in [0, 0.1) is 12.8 Å². The van der Waals surface area contributed by atoms with Crippen molar-refractivity contribution in [3.63, 3.8) is 0 Å². The second kappa shape index (κ2) is 7.65. The summed E-state index contributed by atoms with van der Waals surface area (Å²) in [6.07, 6.45) is 1.13. The normalized spacial score (nSPS) is 14.8. The van der Waals surface area contributed by atoms with Gasteiger partial charge in [0.15, 0.2) is 0 Å². The Kier molecular flexibility index (Phi) is 6.50. The van der Waals surface area contributed by atoms with Crippen molar-refractivity contribution in [1.29, 1.82) is 0 Å². The molecule has 1 rings (SSSR count). The Hall–Kier alpha value is -1.06. The molecule has 0 aliphatic heterocycles. The number of phenols is 1. The largest absolute Gasteiger partial charge is 0.508 e. The summed E-state index contributed by atoms with van der Waals surface area (Å²) in [7, 11) is 4.20. The Balaban J connectivity index is 2.75. The van der Waals surface area contributed by atoms with E-state index in [2.05, 4.69) is 51.1 Å². The summed E-state index contributed by atoms with van der Waals surface area (Å²) in [5.74, 6) is 1.05. The molecule has 0 spiro atoms. The van der Waals surface area contributed by atoms with E-state index in [-0.39, 0.29) is 6.04 Å². The van der Waals surface area contributed by atoms with E-state index < -0.39 is 0 Å². The van der Waals surface area contributed by atoms with Crippen LogP contribution < -0.4 is 5.32 Å². The van der Waals surface area contributed by atoms with Gasteiger partial charge in [-0.1, -0.05) is 26.0 Å².